The fourth-order valence-corrected chi connectivity index (χ4v) is 3.72. The van der Waals surface area contributed by atoms with Crippen LogP contribution in [0.5, 0.6) is 0 Å². The quantitative estimate of drug-likeness (QED) is 0.845. The van der Waals surface area contributed by atoms with Crippen LogP contribution in [0.2, 0.25) is 0 Å². The van der Waals surface area contributed by atoms with Gasteiger partial charge < -0.3 is 10.4 Å². The predicted molar refractivity (Wildman–Crippen MR) is 81.6 cm³/mol. The summed E-state index contributed by atoms with van der Waals surface area (Å²) in [7, 11) is 0. The number of hydrogen-bond donors (Lipinski definition) is 2. The third-order valence-electron chi connectivity index (χ3n) is 4.01. The molecule has 1 unspecified atom stereocenters. The lowest BCUT2D eigenvalue weighted by atomic mass is 10.0. The highest BCUT2D eigenvalue weighted by Crippen LogP contribution is 2.28. The van der Waals surface area contributed by atoms with Gasteiger partial charge in [-0.2, -0.15) is 0 Å². The zero-order valence-electron chi connectivity index (χ0n) is 12.5. The zero-order chi connectivity index (χ0) is 15.4. The molecule has 0 bridgehead atoms. The minimum absolute atomic E-state index is 0.0270. The summed E-state index contributed by atoms with van der Waals surface area (Å²) in [5, 5.41) is 12.6. The van der Waals surface area contributed by atoms with Crippen LogP contribution in [0.1, 0.15) is 71.9 Å². The number of rotatable bonds is 6. The molecule has 1 heterocycles. The van der Waals surface area contributed by atoms with Crippen molar-refractivity contribution in [1.82, 2.24) is 10.3 Å². The molecule has 21 heavy (non-hydrogen) atoms. The van der Waals surface area contributed by atoms with E-state index in [0.29, 0.717) is 23.0 Å². The number of thiazole rings is 1. The van der Waals surface area contributed by atoms with Gasteiger partial charge in [0, 0.05) is 6.42 Å². The summed E-state index contributed by atoms with van der Waals surface area (Å²) in [4.78, 5) is 27.5. The Balaban J connectivity index is 1.85. The van der Waals surface area contributed by atoms with E-state index in [2.05, 4.69) is 10.3 Å². The Morgan fingerprint density at radius 3 is 2.67 bits per heavy atom. The first-order chi connectivity index (χ1) is 9.97. The first kappa shape index (κ1) is 15.9. The Hall–Kier alpha value is -1.43. The standard InChI is InChI=1S/C15H22N2O3S/c1-9-13(15(19)20)21-14(17-9)10(2)16-12(18)8-7-11-5-3-4-6-11/h10-11H,3-8H2,1-2H3,(H,16,18)(H,19,20). The lowest BCUT2D eigenvalue weighted by molar-refractivity contribution is -0.122. The maximum atomic E-state index is 12.0. The van der Waals surface area contributed by atoms with Crippen LogP contribution in [0.15, 0.2) is 0 Å². The molecule has 1 aliphatic rings. The molecule has 1 aromatic heterocycles. The first-order valence-electron chi connectivity index (χ1n) is 7.47. The Kier molecular flexibility index (Phi) is 5.33. The molecule has 2 N–H and O–H groups in total. The maximum absolute atomic E-state index is 12.0. The molecule has 1 aromatic rings. The molecule has 1 amide bonds. The summed E-state index contributed by atoms with van der Waals surface area (Å²) in [5.74, 6) is -0.234. The second kappa shape index (κ2) is 7.02. The third-order valence-corrected chi connectivity index (χ3v) is 5.34. The van der Waals surface area contributed by atoms with E-state index >= 15 is 0 Å². The Morgan fingerprint density at radius 1 is 1.43 bits per heavy atom. The summed E-state index contributed by atoms with van der Waals surface area (Å²) >= 11 is 1.14. The second-order valence-electron chi connectivity index (χ2n) is 5.75. The Labute approximate surface area is 128 Å². The number of nitrogens with zero attached hydrogens (tertiary/aromatic N) is 1. The van der Waals surface area contributed by atoms with Crippen LogP contribution < -0.4 is 5.32 Å². The molecule has 0 spiro atoms. The number of aromatic nitrogens is 1. The van der Waals surface area contributed by atoms with Gasteiger partial charge in [0.2, 0.25) is 5.91 Å². The summed E-state index contributed by atoms with van der Waals surface area (Å²) in [6.45, 7) is 3.52. The molecule has 1 aliphatic carbocycles. The van der Waals surface area contributed by atoms with Gasteiger partial charge in [0.15, 0.2) is 0 Å². The summed E-state index contributed by atoms with van der Waals surface area (Å²) in [5.41, 5.74) is 0.509. The highest BCUT2D eigenvalue weighted by atomic mass is 32.1. The molecule has 0 aliphatic heterocycles. The van der Waals surface area contributed by atoms with E-state index in [4.69, 9.17) is 5.11 Å². The average Bonchev–Trinajstić information content (AvgIpc) is 3.05. The molecule has 5 nitrogen and oxygen atoms in total. The van der Waals surface area contributed by atoms with Gasteiger partial charge in [-0.05, 0) is 26.2 Å². The number of aryl methyl sites for hydroxylation is 1. The minimum Gasteiger partial charge on any atom is -0.477 e. The van der Waals surface area contributed by atoms with Crippen molar-refractivity contribution >= 4 is 23.2 Å². The van der Waals surface area contributed by atoms with E-state index in [-0.39, 0.29) is 16.8 Å². The first-order valence-corrected chi connectivity index (χ1v) is 8.29. The lowest BCUT2D eigenvalue weighted by Gasteiger charge is -2.13. The average molecular weight is 310 g/mol. The van der Waals surface area contributed by atoms with Crippen LogP contribution in [-0.4, -0.2) is 22.0 Å². The highest BCUT2D eigenvalue weighted by Gasteiger charge is 2.20. The van der Waals surface area contributed by atoms with Gasteiger partial charge in [0.05, 0.1) is 11.7 Å². The lowest BCUT2D eigenvalue weighted by Crippen LogP contribution is -2.26. The van der Waals surface area contributed by atoms with Gasteiger partial charge in [0.25, 0.3) is 0 Å². The van der Waals surface area contributed by atoms with Crippen LogP contribution in [0.3, 0.4) is 0 Å². The number of carboxylic acid groups (broad SMARTS) is 1. The van der Waals surface area contributed by atoms with Gasteiger partial charge in [0.1, 0.15) is 9.88 Å². The number of carbonyl (C=O) groups is 2. The van der Waals surface area contributed by atoms with E-state index in [1.807, 2.05) is 6.92 Å². The van der Waals surface area contributed by atoms with Crippen LogP contribution >= 0.6 is 11.3 Å². The van der Waals surface area contributed by atoms with Gasteiger partial charge >= 0.3 is 5.97 Å². The molecule has 0 aromatic carbocycles. The van der Waals surface area contributed by atoms with Crippen LogP contribution in [-0.2, 0) is 4.79 Å². The van der Waals surface area contributed by atoms with E-state index in [1.165, 1.54) is 25.7 Å². The predicted octanol–water partition coefficient (Wildman–Crippen LogP) is 3.30. The highest BCUT2D eigenvalue weighted by molar-refractivity contribution is 7.13. The topological polar surface area (TPSA) is 79.3 Å². The molecule has 1 fully saturated rings. The number of aromatic carboxylic acids is 1. The van der Waals surface area contributed by atoms with Crippen molar-refractivity contribution in [3.63, 3.8) is 0 Å². The number of nitrogens with one attached hydrogen (secondary N) is 1. The van der Waals surface area contributed by atoms with Gasteiger partial charge in [-0.25, -0.2) is 9.78 Å². The van der Waals surface area contributed by atoms with Gasteiger partial charge in [-0.3, -0.25) is 4.79 Å². The Morgan fingerprint density at radius 2 is 2.10 bits per heavy atom. The second-order valence-corrected chi connectivity index (χ2v) is 6.78. The number of carboxylic acids is 1. The normalized spacial score (nSPS) is 16.9. The maximum Gasteiger partial charge on any atom is 0.347 e. The van der Waals surface area contributed by atoms with E-state index in [1.54, 1.807) is 6.92 Å². The Bertz CT molecular complexity index is 521. The van der Waals surface area contributed by atoms with Gasteiger partial charge in [-0.15, -0.1) is 11.3 Å². The summed E-state index contributed by atoms with van der Waals surface area (Å²) in [6.07, 6.45) is 6.58. The fourth-order valence-electron chi connectivity index (χ4n) is 2.81. The summed E-state index contributed by atoms with van der Waals surface area (Å²) in [6, 6.07) is -0.238. The molecule has 1 atom stereocenters. The minimum atomic E-state index is -0.962. The van der Waals surface area contributed by atoms with Crippen molar-refractivity contribution in [1.29, 1.82) is 0 Å². The van der Waals surface area contributed by atoms with Crippen molar-refractivity contribution < 1.29 is 14.7 Å². The SMILES string of the molecule is Cc1nc(C(C)NC(=O)CCC2CCCC2)sc1C(=O)O. The molecule has 0 saturated heterocycles. The monoisotopic (exact) mass is 310 g/mol. The molecule has 6 heteroatoms. The third kappa shape index (κ3) is 4.27. The fraction of sp³-hybridized carbons (Fsp3) is 0.667. The molecule has 2 rings (SSSR count). The molecular formula is C15H22N2O3S. The number of amides is 1. The molecule has 0 radical (unpaired) electrons. The largest absolute Gasteiger partial charge is 0.477 e. The van der Waals surface area contributed by atoms with Gasteiger partial charge in [-0.1, -0.05) is 25.7 Å². The van der Waals surface area contributed by atoms with Crippen LogP contribution in [0.25, 0.3) is 0 Å². The van der Waals surface area contributed by atoms with Crippen molar-refractivity contribution in [2.24, 2.45) is 5.92 Å². The van der Waals surface area contributed by atoms with Crippen molar-refractivity contribution in [2.75, 3.05) is 0 Å². The molecule has 1 saturated carbocycles. The summed E-state index contributed by atoms with van der Waals surface area (Å²) < 4.78 is 0. The van der Waals surface area contributed by atoms with Crippen molar-refractivity contribution in [2.45, 2.75) is 58.4 Å². The number of hydrogen-bond acceptors (Lipinski definition) is 4. The molecular weight excluding hydrogens is 288 g/mol. The molecule has 116 valence electrons. The smallest absolute Gasteiger partial charge is 0.347 e. The number of carbonyl (C=O) groups excluding carboxylic acids is 1. The van der Waals surface area contributed by atoms with E-state index in [9.17, 15) is 9.59 Å². The van der Waals surface area contributed by atoms with Crippen LogP contribution in [0, 0.1) is 12.8 Å². The van der Waals surface area contributed by atoms with Crippen molar-refractivity contribution in [3.05, 3.63) is 15.6 Å². The van der Waals surface area contributed by atoms with Crippen LogP contribution in [0.4, 0.5) is 0 Å². The van der Waals surface area contributed by atoms with Crippen molar-refractivity contribution in [3.8, 4) is 0 Å². The zero-order valence-corrected chi connectivity index (χ0v) is 13.3. The van der Waals surface area contributed by atoms with E-state index in [0.717, 1.165) is 17.8 Å². The van der Waals surface area contributed by atoms with E-state index < -0.39 is 5.97 Å².